The second-order valence-corrected chi connectivity index (χ2v) is 8.26. The van der Waals surface area contributed by atoms with E-state index in [9.17, 15) is 13.2 Å². The molecule has 0 radical (unpaired) electrons. The van der Waals surface area contributed by atoms with E-state index in [0.29, 0.717) is 13.2 Å². The average molecular weight is 421 g/mol. The summed E-state index contributed by atoms with van der Waals surface area (Å²) < 4.78 is 32.8. The van der Waals surface area contributed by atoms with Crippen molar-refractivity contribution in [3.63, 3.8) is 0 Å². The molecule has 0 bridgehead atoms. The lowest BCUT2D eigenvalue weighted by Gasteiger charge is -2.17. The third-order valence-electron chi connectivity index (χ3n) is 4.21. The maximum absolute atomic E-state index is 11.9. The first-order valence-corrected chi connectivity index (χ1v) is 11.2. The van der Waals surface area contributed by atoms with Crippen LogP contribution in [0.2, 0.25) is 0 Å². The summed E-state index contributed by atoms with van der Waals surface area (Å²) in [5.41, 5.74) is 2.23. The van der Waals surface area contributed by atoms with Crippen molar-refractivity contribution in [3.05, 3.63) is 65.7 Å². The summed E-state index contributed by atoms with van der Waals surface area (Å²) >= 11 is 0. The maximum Gasteiger partial charge on any atom is 0.264 e. The van der Waals surface area contributed by atoms with Crippen LogP contribution in [0.3, 0.4) is 0 Å². The molecule has 0 aliphatic heterocycles. The van der Waals surface area contributed by atoms with E-state index in [4.69, 9.17) is 8.92 Å². The van der Waals surface area contributed by atoms with Gasteiger partial charge in [0, 0.05) is 13.6 Å². The van der Waals surface area contributed by atoms with Gasteiger partial charge in [0.15, 0.2) is 0 Å². The topological polar surface area (TPSA) is 93.7 Å². The Kier molecular flexibility index (Phi) is 9.11. The van der Waals surface area contributed by atoms with Crippen LogP contribution in [-0.2, 0) is 32.1 Å². The lowest BCUT2D eigenvalue weighted by molar-refractivity contribution is -0.123. The molecule has 0 aliphatic rings. The summed E-state index contributed by atoms with van der Waals surface area (Å²) in [7, 11) is -2.13. The van der Waals surface area contributed by atoms with Gasteiger partial charge in [0.05, 0.1) is 19.5 Å². The minimum atomic E-state index is -3.62. The van der Waals surface area contributed by atoms with E-state index in [1.807, 2.05) is 42.5 Å². The molecule has 2 rings (SSSR count). The quantitative estimate of drug-likeness (QED) is 0.402. The molecular formula is C21H28N2O5S. The zero-order chi connectivity index (χ0) is 21.1. The molecule has 2 N–H and O–H groups in total. The van der Waals surface area contributed by atoms with Gasteiger partial charge < -0.3 is 10.1 Å². The number of ether oxygens (including phenoxy) is 1. The van der Waals surface area contributed by atoms with Crippen molar-refractivity contribution in [2.75, 3.05) is 26.5 Å². The van der Waals surface area contributed by atoms with Gasteiger partial charge in [-0.25, -0.2) is 0 Å². The maximum atomic E-state index is 11.9. The van der Waals surface area contributed by atoms with E-state index >= 15 is 0 Å². The highest BCUT2D eigenvalue weighted by Gasteiger charge is 2.19. The summed E-state index contributed by atoms with van der Waals surface area (Å²) in [6, 6.07) is 17.1. The number of rotatable bonds is 12. The summed E-state index contributed by atoms with van der Waals surface area (Å²) in [6.45, 7) is 0.759. The fourth-order valence-corrected chi connectivity index (χ4v) is 3.03. The number of amides is 1. The van der Waals surface area contributed by atoms with E-state index < -0.39 is 16.2 Å². The zero-order valence-electron chi connectivity index (χ0n) is 16.8. The Morgan fingerprint density at radius 3 is 2.34 bits per heavy atom. The number of aryl methyl sites for hydroxylation is 1. The smallest absolute Gasteiger partial charge is 0.264 e. The van der Waals surface area contributed by atoms with Crippen LogP contribution in [-0.4, -0.2) is 46.9 Å². The molecule has 1 amide bonds. The van der Waals surface area contributed by atoms with E-state index in [2.05, 4.69) is 22.8 Å². The van der Waals surface area contributed by atoms with Crippen LogP contribution in [0.15, 0.2) is 54.6 Å². The zero-order valence-corrected chi connectivity index (χ0v) is 17.6. The summed E-state index contributed by atoms with van der Waals surface area (Å²) in [6.07, 6.45) is 2.85. The lowest BCUT2D eigenvalue weighted by atomic mass is 10.1. The van der Waals surface area contributed by atoms with E-state index in [0.717, 1.165) is 30.4 Å². The lowest BCUT2D eigenvalue weighted by Crippen LogP contribution is -2.46. The van der Waals surface area contributed by atoms with Gasteiger partial charge in [-0.1, -0.05) is 42.5 Å². The Morgan fingerprint density at radius 2 is 1.72 bits per heavy atom. The first kappa shape index (κ1) is 22.9. The van der Waals surface area contributed by atoms with Gasteiger partial charge in [-0.05, 0) is 36.1 Å². The van der Waals surface area contributed by atoms with Gasteiger partial charge in [0.25, 0.3) is 10.1 Å². The van der Waals surface area contributed by atoms with Crippen molar-refractivity contribution in [1.82, 2.24) is 10.6 Å². The molecule has 1 unspecified atom stereocenters. The molecule has 8 heteroatoms. The van der Waals surface area contributed by atoms with Gasteiger partial charge in [-0.15, -0.1) is 0 Å². The van der Waals surface area contributed by atoms with Crippen molar-refractivity contribution in [2.24, 2.45) is 0 Å². The molecule has 29 heavy (non-hydrogen) atoms. The van der Waals surface area contributed by atoms with Crippen molar-refractivity contribution >= 4 is 16.0 Å². The van der Waals surface area contributed by atoms with Crippen molar-refractivity contribution in [2.45, 2.75) is 25.4 Å². The van der Waals surface area contributed by atoms with Crippen molar-refractivity contribution in [1.29, 1.82) is 0 Å². The Labute approximate surface area is 172 Å². The molecule has 0 aromatic heterocycles. The number of benzene rings is 2. The molecule has 2 aromatic rings. The minimum absolute atomic E-state index is 0.263. The second kappa shape index (κ2) is 11.5. The summed E-state index contributed by atoms with van der Waals surface area (Å²) in [4.78, 5) is 11.9. The molecule has 2 aromatic carbocycles. The number of hydrogen-bond donors (Lipinski definition) is 2. The van der Waals surface area contributed by atoms with Crippen LogP contribution < -0.4 is 15.4 Å². The van der Waals surface area contributed by atoms with Crippen LogP contribution in [0.5, 0.6) is 5.75 Å². The van der Waals surface area contributed by atoms with Crippen LogP contribution >= 0.6 is 0 Å². The molecule has 0 saturated carbocycles. The summed E-state index contributed by atoms with van der Waals surface area (Å²) in [5.74, 6) is 0.442. The molecule has 0 heterocycles. The molecule has 158 valence electrons. The Hall–Kier alpha value is -2.42. The van der Waals surface area contributed by atoms with Crippen LogP contribution in [0.1, 0.15) is 17.5 Å². The van der Waals surface area contributed by atoms with Crippen LogP contribution in [0.4, 0.5) is 0 Å². The standard InChI is InChI=1S/C21H28N2O5S/c1-22-21(24)20(16-28-29(2,25)26)23-15-18-10-12-19(13-11-18)27-14-6-9-17-7-4-3-5-8-17/h3-5,7-8,10-13,20,23H,6,9,14-16H2,1-2H3,(H,22,24). The molecule has 0 spiro atoms. The molecule has 1 atom stereocenters. The van der Waals surface area contributed by atoms with Gasteiger partial charge in [0.2, 0.25) is 5.91 Å². The molecule has 0 fully saturated rings. The highest BCUT2D eigenvalue weighted by Crippen LogP contribution is 2.13. The Morgan fingerprint density at radius 1 is 1.03 bits per heavy atom. The van der Waals surface area contributed by atoms with Gasteiger partial charge in [-0.2, -0.15) is 8.42 Å². The largest absolute Gasteiger partial charge is 0.494 e. The first-order valence-electron chi connectivity index (χ1n) is 9.42. The highest BCUT2D eigenvalue weighted by molar-refractivity contribution is 7.85. The first-order chi connectivity index (χ1) is 13.9. The van der Waals surface area contributed by atoms with Gasteiger partial charge in [-0.3, -0.25) is 14.3 Å². The third-order valence-corrected chi connectivity index (χ3v) is 4.77. The second-order valence-electron chi connectivity index (χ2n) is 6.62. The van der Waals surface area contributed by atoms with Crippen LogP contribution in [0, 0.1) is 0 Å². The number of hydrogen-bond acceptors (Lipinski definition) is 6. The number of likely N-dealkylation sites (N-methyl/N-ethyl adjacent to an activating group) is 1. The highest BCUT2D eigenvalue weighted by atomic mass is 32.2. The Balaban J connectivity index is 1.77. The molecule has 0 saturated heterocycles. The molecule has 7 nitrogen and oxygen atoms in total. The monoisotopic (exact) mass is 420 g/mol. The molecule has 0 aliphatic carbocycles. The van der Waals surface area contributed by atoms with E-state index in [1.165, 1.54) is 12.6 Å². The van der Waals surface area contributed by atoms with Crippen molar-refractivity contribution < 1.29 is 22.1 Å². The van der Waals surface area contributed by atoms with Crippen LogP contribution in [0.25, 0.3) is 0 Å². The van der Waals surface area contributed by atoms with Gasteiger partial charge >= 0.3 is 0 Å². The van der Waals surface area contributed by atoms with E-state index in [1.54, 1.807) is 0 Å². The predicted molar refractivity (Wildman–Crippen MR) is 112 cm³/mol. The fraction of sp³-hybridized carbons (Fsp3) is 0.381. The van der Waals surface area contributed by atoms with E-state index in [-0.39, 0.29) is 12.5 Å². The fourth-order valence-electron chi connectivity index (χ4n) is 2.65. The molecular weight excluding hydrogens is 392 g/mol. The number of carbonyl (C=O) groups is 1. The van der Waals surface area contributed by atoms with Crippen molar-refractivity contribution in [3.8, 4) is 5.75 Å². The number of nitrogens with one attached hydrogen (secondary N) is 2. The SMILES string of the molecule is CNC(=O)C(COS(C)(=O)=O)NCc1ccc(OCCCc2ccccc2)cc1. The summed E-state index contributed by atoms with van der Waals surface area (Å²) in [5, 5.41) is 5.50. The average Bonchev–Trinajstić information content (AvgIpc) is 2.71. The normalized spacial score (nSPS) is 12.3. The Bertz CT molecular complexity index is 854. The minimum Gasteiger partial charge on any atom is -0.494 e. The number of carbonyl (C=O) groups excluding carboxylic acids is 1. The van der Waals surface area contributed by atoms with Gasteiger partial charge in [0.1, 0.15) is 11.8 Å². The third kappa shape index (κ3) is 9.08. The predicted octanol–water partition coefficient (Wildman–Crippen LogP) is 1.88.